The van der Waals surface area contributed by atoms with E-state index in [1.807, 2.05) is 0 Å². The van der Waals surface area contributed by atoms with Gasteiger partial charge in [-0.25, -0.2) is 12.8 Å². The lowest BCUT2D eigenvalue weighted by Gasteiger charge is -2.10. The van der Waals surface area contributed by atoms with Crippen LogP contribution in [0.4, 0.5) is 10.1 Å². The summed E-state index contributed by atoms with van der Waals surface area (Å²) in [6.07, 6.45) is 3.88. The number of aromatic nitrogens is 3. The molecule has 0 unspecified atom stereocenters. The lowest BCUT2D eigenvalue weighted by Crippen LogP contribution is -2.25. The second kappa shape index (κ2) is 6.28. The van der Waals surface area contributed by atoms with Crippen molar-refractivity contribution in [3.8, 4) is 0 Å². The molecule has 0 saturated carbocycles. The zero-order chi connectivity index (χ0) is 17.2. The van der Waals surface area contributed by atoms with Gasteiger partial charge in [-0.05, 0) is 29.8 Å². The largest absolute Gasteiger partial charge is 0.309 e. The molecule has 0 fully saturated rings. The van der Waals surface area contributed by atoms with Gasteiger partial charge in [-0.3, -0.25) is 14.6 Å². The third-order valence-electron chi connectivity index (χ3n) is 3.31. The van der Waals surface area contributed by atoms with Gasteiger partial charge in [-0.2, -0.15) is 5.10 Å². The predicted octanol–water partition coefficient (Wildman–Crippen LogP) is 1.56. The minimum atomic E-state index is -3.89. The van der Waals surface area contributed by atoms with E-state index in [9.17, 15) is 17.6 Å². The first-order chi connectivity index (χ1) is 11.5. The number of pyridine rings is 1. The average molecular weight is 348 g/mol. The number of hydrogen-bond acceptors (Lipinski definition) is 4. The van der Waals surface area contributed by atoms with Crippen LogP contribution in [0, 0.1) is 5.82 Å². The van der Waals surface area contributed by atoms with Crippen molar-refractivity contribution in [2.24, 2.45) is 0 Å². The highest BCUT2D eigenvalue weighted by molar-refractivity contribution is 7.92. The highest BCUT2D eigenvalue weighted by Crippen LogP contribution is 2.11. The quantitative estimate of drug-likeness (QED) is 0.731. The van der Waals surface area contributed by atoms with Gasteiger partial charge < -0.3 is 4.57 Å². The number of aromatic amines is 1. The van der Waals surface area contributed by atoms with Crippen molar-refractivity contribution in [2.45, 2.75) is 11.4 Å². The number of H-pyrrole nitrogens is 1. The van der Waals surface area contributed by atoms with Crippen molar-refractivity contribution < 1.29 is 12.8 Å². The third kappa shape index (κ3) is 3.35. The fourth-order valence-corrected chi connectivity index (χ4v) is 3.08. The van der Waals surface area contributed by atoms with Gasteiger partial charge >= 0.3 is 0 Å². The first-order valence-corrected chi connectivity index (χ1v) is 8.39. The van der Waals surface area contributed by atoms with Crippen LogP contribution in [0.15, 0.2) is 64.7 Å². The zero-order valence-corrected chi connectivity index (χ0v) is 13.1. The normalized spacial score (nSPS) is 11.4. The number of benzene rings is 1. The molecule has 0 bridgehead atoms. The number of hydrogen-bond donors (Lipinski definition) is 2. The fourth-order valence-electron chi connectivity index (χ4n) is 2.12. The highest BCUT2D eigenvalue weighted by atomic mass is 32.2. The minimum Gasteiger partial charge on any atom is -0.309 e. The van der Waals surface area contributed by atoms with E-state index in [0.29, 0.717) is 5.56 Å². The van der Waals surface area contributed by atoms with Crippen molar-refractivity contribution in [2.75, 3.05) is 4.72 Å². The van der Waals surface area contributed by atoms with Gasteiger partial charge in [0.2, 0.25) is 0 Å². The lowest BCUT2D eigenvalue weighted by atomic mass is 10.2. The van der Waals surface area contributed by atoms with Crippen LogP contribution in [0.25, 0.3) is 0 Å². The molecule has 3 aromatic rings. The Kier molecular flexibility index (Phi) is 4.17. The fraction of sp³-hybridized carbons (Fsp3) is 0.0667. The third-order valence-corrected chi connectivity index (χ3v) is 4.65. The molecule has 124 valence electrons. The summed E-state index contributed by atoms with van der Waals surface area (Å²) in [6.45, 7) is 0.195. The average Bonchev–Trinajstić information content (AvgIpc) is 3.09. The second-order valence-electron chi connectivity index (χ2n) is 5.02. The maximum Gasteiger partial charge on any atom is 0.275 e. The van der Waals surface area contributed by atoms with Crippen LogP contribution in [-0.4, -0.2) is 23.2 Å². The molecule has 0 aliphatic rings. The summed E-state index contributed by atoms with van der Waals surface area (Å²) in [4.78, 5) is 12.4. The molecule has 7 nitrogen and oxygen atoms in total. The van der Waals surface area contributed by atoms with Crippen LogP contribution in [0.5, 0.6) is 0 Å². The first-order valence-electron chi connectivity index (χ1n) is 6.91. The molecule has 0 spiro atoms. The van der Waals surface area contributed by atoms with Crippen molar-refractivity contribution in [1.82, 2.24) is 14.8 Å². The van der Waals surface area contributed by atoms with Crippen LogP contribution in [0.2, 0.25) is 0 Å². The van der Waals surface area contributed by atoms with Crippen LogP contribution in [0.1, 0.15) is 5.56 Å². The standard InChI is InChI=1S/C15H13FN4O3S/c16-12-5-3-11(4-6-12)10-20-7-1-2-14(15(20)21)19-24(22,23)13-8-17-18-9-13/h1-9,19H,10H2,(H,17,18). The molecule has 0 saturated heterocycles. The van der Waals surface area contributed by atoms with Crippen LogP contribution < -0.4 is 10.3 Å². The van der Waals surface area contributed by atoms with E-state index in [-0.39, 0.29) is 22.9 Å². The SMILES string of the molecule is O=c1c(NS(=O)(=O)c2cn[nH]c2)cccn1Cc1ccc(F)cc1. The number of sulfonamides is 1. The molecule has 9 heteroatoms. The molecule has 0 atom stereocenters. The molecule has 2 heterocycles. The zero-order valence-electron chi connectivity index (χ0n) is 12.3. The molecule has 3 rings (SSSR count). The molecule has 24 heavy (non-hydrogen) atoms. The maximum atomic E-state index is 12.9. The van der Waals surface area contributed by atoms with Crippen LogP contribution in [0.3, 0.4) is 0 Å². The van der Waals surface area contributed by atoms with Gasteiger partial charge in [-0.1, -0.05) is 12.1 Å². The number of anilines is 1. The smallest absolute Gasteiger partial charge is 0.275 e. The van der Waals surface area contributed by atoms with E-state index in [1.165, 1.54) is 35.2 Å². The second-order valence-corrected chi connectivity index (χ2v) is 6.70. The highest BCUT2D eigenvalue weighted by Gasteiger charge is 2.17. The summed E-state index contributed by atoms with van der Waals surface area (Å²) >= 11 is 0. The number of nitrogens with one attached hydrogen (secondary N) is 2. The Balaban J connectivity index is 1.89. The van der Waals surface area contributed by atoms with Crippen molar-refractivity contribution in [3.63, 3.8) is 0 Å². The van der Waals surface area contributed by atoms with E-state index >= 15 is 0 Å². The first kappa shape index (κ1) is 15.9. The molecular weight excluding hydrogens is 335 g/mol. The maximum absolute atomic E-state index is 12.9. The van der Waals surface area contributed by atoms with Crippen molar-refractivity contribution in [1.29, 1.82) is 0 Å². The number of nitrogens with zero attached hydrogens (tertiary/aromatic N) is 2. The molecular formula is C15H13FN4O3S. The van der Waals surface area contributed by atoms with E-state index in [0.717, 1.165) is 6.20 Å². The van der Waals surface area contributed by atoms with E-state index in [1.54, 1.807) is 18.2 Å². The van der Waals surface area contributed by atoms with E-state index in [4.69, 9.17) is 0 Å². The number of rotatable bonds is 5. The van der Waals surface area contributed by atoms with Gasteiger partial charge in [0.15, 0.2) is 0 Å². The molecule has 0 aliphatic carbocycles. The van der Waals surface area contributed by atoms with Crippen molar-refractivity contribution in [3.05, 3.63) is 76.7 Å². The molecule has 2 aromatic heterocycles. The summed E-state index contributed by atoms with van der Waals surface area (Å²) in [5, 5.41) is 5.98. The topological polar surface area (TPSA) is 96.8 Å². The summed E-state index contributed by atoms with van der Waals surface area (Å²) in [6, 6.07) is 8.64. The Morgan fingerprint density at radius 2 is 1.96 bits per heavy atom. The Morgan fingerprint density at radius 1 is 1.21 bits per heavy atom. The minimum absolute atomic E-state index is 0.0733. The summed E-state index contributed by atoms with van der Waals surface area (Å²) in [5.41, 5.74) is 0.128. The molecule has 0 aliphatic heterocycles. The lowest BCUT2D eigenvalue weighted by molar-refractivity contribution is 0.601. The van der Waals surface area contributed by atoms with Gasteiger partial charge in [0.05, 0.1) is 12.7 Å². The number of halogens is 1. The molecule has 0 radical (unpaired) electrons. The van der Waals surface area contributed by atoms with Gasteiger partial charge in [-0.15, -0.1) is 0 Å². The van der Waals surface area contributed by atoms with E-state index in [2.05, 4.69) is 14.9 Å². The summed E-state index contributed by atoms with van der Waals surface area (Å²) < 4.78 is 40.8. The Bertz CT molecular complexity index is 996. The summed E-state index contributed by atoms with van der Waals surface area (Å²) in [5.74, 6) is -0.368. The van der Waals surface area contributed by atoms with Gasteiger partial charge in [0, 0.05) is 12.4 Å². The Hall–Kier alpha value is -2.94. The predicted molar refractivity (Wildman–Crippen MR) is 85.6 cm³/mol. The van der Waals surface area contributed by atoms with Gasteiger partial charge in [0.25, 0.3) is 15.6 Å². The molecule has 0 amide bonds. The van der Waals surface area contributed by atoms with Crippen LogP contribution >= 0.6 is 0 Å². The van der Waals surface area contributed by atoms with Gasteiger partial charge in [0.1, 0.15) is 16.4 Å². The van der Waals surface area contributed by atoms with E-state index < -0.39 is 15.6 Å². The summed E-state index contributed by atoms with van der Waals surface area (Å²) in [7, 11) is -3.89. The Labute approximate surface area is 136 Å². The molecule has 2 N–H and O–H groups in total. The molecule has 1 aromatic carbocycles. The van der Waals surface area contributed by atoms with Crippen LogP contribution in [-0.2, 0) is 16.6 Å². The monoisotopic (exact) mass is 348 g/mol. The Morgan fingerprint density at radius 3 is 2.62 bits per heavy atom. The van der Waals surface area contributed by atoms with Crippen molar-refractivity contribution >= 4 is 15.7 Å².